The molecule has 3 aliphatic rings. The predicted molar refractivity (Wildman–Crippen MR) is 64.1 cm³/mol. The van der Waals surface area contributed by atoms with Gasteiger partial charge in [-0.25, -0.2) is 0 Å². The Balaban J connectivity index is 0.000000144. The van der Waals surface area contributed by atoms with E-state index in [9.17, 15) is 4.79 Å². The van der Waals surface area contributed by atoms with Gasteiger partial charge < -0.3 is 5.32 Å². The molecule has 0 aromatic rings. The summed E-state index contributed by atoms with van der Waals surface area (Å²) in [5, 5.41) is 3.11. The zero-order chi connectivity index (χ0) is 10.5. The summed E-state index contributed by atoms with van der Waals surface area (Å²) in [4.78, 5) is 14.7. The van der Waals surface area contributed by atoms with Gasteiger partial charge >= 0.3 is 0 Å². The van der Waals surface area contributed by atoms with Gasteiger partial charge in [0.15, 0.2) is 0 Å². The minimum absolute atomic E-state index is 0.179. The molecule has 1 aliphatic carbocycles. The van der Waals surface area contributed by atoms with Gasteiger partial charge in [-0.05, 0) is 17.2 Å². The van der Waals surface area contributed by atoms with E-state index in [2.05, 4.69) is 16.4 Å². The van der Waals surface area contributed by atoms with E-state index in [0.29, 0.717) is 0 Å². The number of fused-ring (bicyclic) bond motifs is 1. The van der Waals surface area contributed by atoms with E-state index < -0.39 is 0 Å². The lowest BCUT2D eigenvalue weighted by molar-refractivity contribution is -0.107. The summed E-state index contributed by atoms with van der Waals surface area (Å²) in [5.41, 5.74) is 2.38. The van der Waals surface area contributed by atoms with Gasteiger partial charge in [0.05, 0.1) is 12.9 Å². The van der Waals surface area contributed by atoms with Gasteiger partial charge in [-0.3, -0.25) is 9.79 Å². The van der Waals surface area contributed by atoms with Gasteiger partial charge in [-0.15, -0.1) is 0 Å². The molecule has 0 radical (unpaired) electrons. The van der Waals surface area contributed by atoms with Crippen molar-refractivity contribution in [1.82, 2.24) is 5.32 Å². The SMILES string of the molecule is C1=NCCN1.O=C1C=C2C=CC=C2CS1. The third-order valence-corrected chi connectivity index (χ3v) is 3.01. The highest BCUT2D eigenvalue weighted by Gasteiger charge is 2.15. The van der Waals surface area contributed by atoms with Gasteiger partial charge in [0.2, 0.25) is 5.12 Å². The van der Waals surface area contributed by atoms with E-state index in [4.69, 9.17) is 0 Å². The van der Waals surface area contributed by atoms with Crippen LogP contribution < -0.4 is 5.32 Å². The Morgan fingerprint density at radius 3 is 3.07 bits per heavy atom. The zero-order valence-electron chi connectivity index (χ0n) is 8.27. The minimum atomic E-state index is 0.179. The van der Waals surface area contributed by atoms with Crippen molar-refractivity contribution in [3.8, 4) is 0 Å². The van der Waals surface area contributed by atoms with Crippen LogP contribution in [0.3, 0.4) is 0 Å². The molecule has 2 heterocycles. The van der Waals surface area contributed by atoms with Gasteiger partial charge in [-0.1, -0.05) is 30.0 Å². The molecular formula is C11H12N2OS. The van der Waals surface area contributed by atoms with E-state index in [1.54, 1.807) is 12.4 Å². The number of allylic oxidation sites excluding steroid dienone is 4. The molecule has 0 amide bonds. The summed E-state index contributed by atoms with van der Waals surface area (Å²) in [6, 6.07) is 0. The molecular weight excluding hydrogens is 208 g/mol. The molecule has 0 unspecified atom stereocenters. The topological polar surface area (TPSA) is 41.5 Å². The molecule has 0 aromatic carbocycles. The Hall–Kier alpha value is -1.29. The number of rotatable bonds is 0. The molecule has 0 fully saturated rings. The molecule has 3 rings (SSSR count). The van der Waals surface area contributed by atoms with Crippen LogP contribution in [0, 0.1) is 0 Å². The van der Waals surface area contributed by atoms with Crippen LogP contribution in [0.2, 0.25) is 0 Å². The van der Waals surface area contributed by atoms with E-state index in [1.807, 2.05) is 12.2 Å². The quantitative estimate of drug-likeness (QED) is 0.669. The van der Waals surface area contributed by atoms with Crippen LogP contribution in [0.1, 0.15) is 0 Å². The number of aliphatic imine (C=N–C) groups is 1. The first-order chi connectivity index (χ1) is 7.36. The second-order valence-corrected chi connectivity index (χ2v) is 4.23. The number of nitrogens with one attached hydrogen (secondary N) is 1. The van der Waals surface area contributed by atoms with E-state index in [-0.39, 0.29) is 5.12 Å². The van der Waals surface area contributed by atoms with Crippen LogP contribution in [0.4, 0.5) is 0 Å². The predicted octanol–water partition coefficient (Wildman–Crippen LogP) is 1.30. The smallest absolute Gasteiger partial charge is 0.213 e. The van der Waals surface area contributed by atoms with Crippen LogP contribution in [-0.4, -0.2) is 30.3 Å². The average Bonchev–Trinajstić information content (AvgIpc) is 2.91. The summed E-state index contributed by atoms with van der Waals surface area (Å²) in [6.07, 6.45) is 9.46. The van der Waals surface area contributed by atoms with Crippen molar-refractivity contribution < 1.29 is 4.79 Å². The lowest BCUT2D eigenvalue weighted by Gasteiger charge is -2.07. The van der Waals surface area contributed by atoms with Crippen molar-refractivity contribution >= 4 is 23.2 Å². The number of carbonyl (C=O) groups is 1. The van der Waals surface area contributed by atoms with Crippen LogP contribution in [0.25, 0.3) is 0 Å². The van der Waals surface area contributed by atoms with E-state index in [1.165, 1.54) is 17.3 Å². The average molecular weight is 220 g/mol. The van der Waals surface area contributed by atoms with Crippen molar-refractivity contribution in [2.75, 3.05) is 18.8 Å². The largest absolute Gasteiger partial charge is 0.375 e. The fourth-order valence-corrected chi connectivity index (χ4v) is 2.15. The van der Waals surface area contributed by atoms with E-state index in [0.717, 1.165) is 24.4 Å². The van der Waals surface area contributed by atoms with Crippen molar-refractivity contribution in [2.45, 2.75) is 0 Å². The van der Waals surface area contributed by atoms with Gasteiger partial charge in [-0.2, -0.15) is 0 Å². The van der Waals surface area contributed by atoms with Crippen LogP contribution >= 0.6 is 11.8 Å². The molecule has 0 atom stereocenters. The van der Waals surface area contributed by atoms with Gasteiger partial charge in [0.1, 0.15) is 0 Å². The first kappa shape index (κ1) is 10.2. The summed E-state index contributed by atoms with van der Waals surface area (Å²) in [6.45, 7) is 1.99. The molecule has 4 heteroatoms. The number of hydrogen-bond donors (Lipinski definition) is 1. The fraction of sp³-hybridized carbons (Fsp3) is 0.273. The Bertz CT molecular complexity index is 374. The Morgan fingerprint density at radius 2 is 2.40 bits per heavy atom. The Kier molecular flexibility index (Phi) is 3.40. The zero-order valence-corrected chi connectivity index (χ0v) is 9.09. The minimum Gasteiger partial charge on any atom is -0.375 e. The van der Waals surface area contributed by atoms with Crippen molar-refractivity contribution in [3.05, 3.63) is 35.5 Å². The Labute approximate surface area is 93.0 Å². The fourth-order valence-electron chi connectivity index (χ4n) is 1.38. The molecule has 1 N–H and O–H groups in total. The maximum absolute atomic E-state index is 10.8. The van der Waals surface area contributed by atoms with E-state index >= 15 is 0 Å². The third kappa shape index (κ3) is 2.83. The molecule has 0 saturated carbocycles. The molecule has 0 spiro atoms. The number of nitrogens with zero attached hydrogens (tertiary/aromatic N) is 1. The number of hydrogen-bond acceptors (Lipinski definition) is 4. The van der Waals surface area contributed by atoms with Crippen LogP contribution in [0.15, 0.2) is 40.4 Å². The molecule has 0 bridgehead atoms. The number of thioether (sulfide) groups is 1. The molecule has 0 saturated heterocycles. The lowest BCUT2D eigenvalue weighted by atomic mass is 10.1. The second kappa shape index (κ2) is 4.98. The second-order valence-electron chi connectivity index (χ2n) is 3.25. The first-order valence-corrected chi connectivity index (χ1v) is 5.82. The Morgan fingerprint density at radius 1 is 1.47 bits per heavy atom. The summed E-state index contributed by atoms with van der Waals surface area (Å²) < 4.78 is 0. The molecule has 78 valence electrons. The summed E-state index contributed by atoms with van der Waals surface area (Å²) in [5.74, 6) is 0.845. The van der Waals surface area contributed by atoms with Crippen molar-refractivity contribution in [2.24, 2.45) is 4.99 Å². The molecule has 2 aliphatic heterocycles. The molecule has 0 aromatic heterocycles. The van der Waals surface area contributed by atoms with Crippen LogP contribution in [0.5, 0.6) is 0 Å². The lowest BCUT2D eigenvalue weighted by Crippen LogP contribution is -2.04. The highest BCUT2D eigenvalue weighted by atomic mass is 32.2. The standard InChI is InChI=1S/C8H6OS.C3H6N2/c9-8-4-6-2-1-3-7(6)5-10-8;1-2-5-3-4-1/h1-4H,5H2;3H,1-2H2,(H,4,5). The molecule has 15 heavy (non-hydrogen) atoms. The maximum Gasteiger partial charge on any atom is 0.213 e. The summed E-state index contributed by atoms with van der Waals surface area (Å²) in [7, 11) is 0. The number of carbonyl (C=O) groups excluding carboxylic acids is 1. The molecule has 3 nitrogen and oxygen atoms in total. The highest BCUT2D eigenvalue weighted by Crippen LogP contribution is 2.28. The first-order valence-electron chi connectivity index (χ1n) is 4.84. The maximum atomic E-state index is 10.8. The highest BCUT2D eigenvalue weighted by molar-refractivity contribution is 8.14. The van der Waals surface area contributed by atoms with Gasteiger partial charge in [0, 0.05) is 12.3 Å². The third-order valence-electron chi connectivity index (χ3n) is 2.16. The summed E-state index contributed by atoms with van der Waals surface area (Å²) >= 11 is 1.37. The van der Waals surface area contributed by atoms with Crippen molar-refractivity contribution in [3.63, 3.8) is 0 Å². The van der Waals surface area contributed by atoms with Crippen molar-refractivity contribution in [1.29, 1.82) is 0 Å². The van der Waals surface area contributed by atoms with Gasteiger partial charge in [0.25, 0.3) is 0 Å². The van der Waals surface area contributed by atoms with Crippen LogP contribution in [-0.2, 0) is 4.79 Å². The monoisotopic (exact) mass is 220 g/mol. The normalized spacial score (nSPS) is 21.2.